The molecule has 84 valence electrons. The molecule has 2 aromatic heterocycles. The van der Waals surface area contributed by atoms with Crippen molar-refractivity contribution in [3.05, 3.63) is 35.8 Å². The topological polar surface area (TPSA) is 39.9 Å². The maximum atomic E-state index is 5.10. The SMILES string of the molecule is CCc1cc(C)n(-c2ccnc(OC)c2)n1. The van der Waals surface area contributed by atoms with Gasteiger partial charge in [-0.2, -0.15) is 5.10 Å². The zero-order chi connectivity index (χ0) is 11.5. The van der Waals surface area contributed by atoms with Gasteiger partial charge < -0.3 is 4.74 Å². The molecular weight excluding hydrogens is 202 g/mol. The monoisotopic (exact) mass is 217 g/mol. The fraction of sp³-hybridized carbons (Fsp3) is 0.333. The van der Waals surface area contributed by atoms with Gasteiger partial charge in [-0.1, -0.05) is 6.92 Å². The predicted molar refractivity (Wildman–Crippen MR) is 62.0 cm³/mol. The second-order valence-electron chi connectivity index (χ2n) is 3.60. The number of aromatic nitrogens is 3. The van der Waals surface area contributed by atoms with Gasteiger partial charge in [0.2, 0.25) is 5.88 Å². The number of hydrogen-bond donors (Lipinski definition) is 0. The largest absolute Gasteiger partial charge is 0.481 e. The lowest BCUT2D eigenvalue weighted by molar-refractivity contribution is 0.397. The standard InChI is InChI=1S/C12H15N3O/c1-4-10-7-9(2)15(14-10)11-5-6-13-12(8-11)16-3/h5-8H,4H2,1-3H3. The van der Waals surface area contributed by atoms with Crippen LogP contribution in [0.1, 0.15) is 18.3 Å². The van der Waals surface area contributed by atoms with Crippen molar-refractivity contribution in [1.82, 2.24) is 14.8 Å². The third-order valence-corrected chi connectivity index (χ3v) is 2.47. The summed E-state index contributed by atoms with van der Waals surface area (Å²) in [7, 11) is 1.61. The van der Waals surface area contributed by atoms with Crippen molar-refractivity contribution in [3.8, 4) is 11.6 Å². The van der Waals surface area contributed by atoms with Crippen LogP contribution in [0.25, 0.3) is 5.69 Å². The lowest BCUT2D eigenvalue weighted by Crippen LogP contribution is -2.00. The molecule has 0 atom stereocenters. The van der Waals surface area contributed by atoms with E-state index in [1.54, 1.807) is 13.3 Å². The van der Waals surface area contributed by atoms with Gasteiger partial charge in [0.1, 0.15) is 0 Å². The van der Waals surface area contributed by atoms with Crippen molar-refractivity contribution in [1.29, 1.82) is 0 Å². The average molecular weight is 217 g/mol. The van der Waals surface area contributed by atoms with E-state index >= 15 is 0 Å². The van der Waals surface area contributed by atoms with E-state index in [9.17, 15) is 0 Å². The third-order valence-electron chi connectivity index (χ3n) is 2.47. The summed E-state index contributed by atoms with van der Waals surface area (Å²) < 4.78 is 7.00. The van der Waals surface area contributed by atoms with Crippen molar-refractivity contribution >= 4 is 0 Å². The summed E-state index contributed by atoms with van der Waals surface area (Å²) >= 11 is 0. The van der Waals surface area contributed by atoms with Gasteiger partial charge >= 0.3 is 0 Å². The summed E-state index contributed by atoms with van der Waals surface area (Å²) in [4.78, 5) is 4.08. The number of hydrogen-bond acceptors (Lipinski definition) is 3. The van der Waals surface area contributed by atoms with E-state index in [4.69, 9.17) is 4.74 Å². The quantitative estimate of drug-likeness (QED) is 0.790. The first kappa shape index (κ1) is 10.7. The van der Waals surface area contributed by atoms with E-state index in [1.807, 2.05) is 23.7 Å². The molecule has 0 aliphatic rings. The molecular formula is C12H15N3O. The van der Waals surface area contributed by atoms with Gasteiger partial charge in [0.05, 0.1) is 18.5 Å². The average Bonchev–Trinajstić information content (AvgIpc) is 2.71. The minimum Gasteiger partial charge on any atom is -0.481 e. The number of aryl methyl sites for hydroxylation is 2. The molecule has 0 saturated carbocycles. The second-order valence-corrected chi connectivity index (χ2v) is 3.60. The second kappa shape index (κ2) is 4.35. The minimum absolute atomic E-state index is 0.602. The molecule has 0 radical (unpaired) electrons. The highest BCUT2D eigenvalue weighted by Crippen LogP contribution is 2.15. The number of methoxy groups -OCH3 is 1. The fourth-order valence-electron chi connectivity index (χ4n) is 1.61. The first-order valence-corrected chi connectivity index (χ1v) is 5.30. The Bertz CT molecular complexity index is 491. The predicted octanol–water partition coefficient (Wildman–Crippen LogP) is 2.15. The van der Waals surface area contributed by atoms with Gasteiger partial charge in [-0.05, 0) is 25.5 Å². The normalized spacial score (nSPS) is 10.4. The Morgan fingerprint density at radius 3 is 2.81 bits per heavy atom. The Balaban J connectivity index is 2.45. The molecule has 0 unspecified atom stereocenters. The van der Waals surface area contributed by atoms with Crippen LogP contribution in [0.3, 0.4) is 0 Å². The molecule has 2 aromatic rings. The van der Waals surface area contributed by atoms with E-state index in [2.05, 4.69) is 23.1 Å². The van der Waals surface area contributed by atoms with Gasteiger partial charge in [-0.25, -0.2) is 9.67 Å². The Morgan fingerprint density at radius 1 is 1.38 bits per heavy atom. The highest BCUT2D eigenvalue weighted by molar-refractivity contribution is 5.35. The third kappa shape index (κ3) is 1.91. The molecule has 2 heterocycles. The van der Waals surface area contributed by atoms with Gasteiger partial charge in [0.15, 0.2) is 0 Å². The summed E-state index contributed by atoms with van der Waals surface area (Å²) in [6, 6.07) is 5.88. The molecule has 0 aliphatic carbocycles. The highest BCUT2D eigenvalue weighted by Gasteiger charge is 2.06. The number of nitrogens with zero attached hydrogens (tertiary/aromatic N) is 3. The molecule has 0 amide bonds. The summed E-state index contributed by atoms with van der Waals surface area (Å²) in [5.41, 5.74) is 3.18. The fourth-order valence-corrected chi connectivity index (χ4v) is 1.61. The summed E-state index contributed by atoms with van der Waals surface area (Å²) in [5.74, 6) is 0.602. The number of rotatable bonds is 3. The Labute approximate surface area is 94.9 Å². The lowest BCUT2D eigenvalue weighted by Gasteiger charge is -2.05. The van der Waals surface area contributed by atoms with Crippen LogP contribution in [-0.2, 0) is 6.42 Å². The first-order valence-electron chi connectivity index (χ1n) is 5.30. The summed E-state index contributed by atoms with van der Waals surface area (Å²) in [5, 5.41) is 4.51. The molecule has 4 heteroatoms. The molecule has 0 saturated heterocycles. The van der Waals surface area contributed by atoms with Crippen LogP contribution in [0.15, 0.2) is 24.4 Å². The zero-order valence-electron chi connectivity index (χ0n) is 9.77. The number of pyridine rings is 1. The van der Waals surface area contributed by atoms with E-state index in [1.165, 1.54) is 0 Å². The smallest absolute Gasteiger partial charge is 0.215 e. The van der Waals surface area contributed by atoms with Gasteiger partial charge in [0, 0.05) is 18.0 Å². The van der Waals surface area contributed by atoms with E-state index in [0.717, 1.165) is 23.5 Å². The minimum atomic E-state index is 0.602. The van der Waals surface area contributed by atoms with E-state index in [-0.39, 0.29) is 0 Å². The molecule has 0 aromatic carbocycles. The summed E-state index contributed by atoms with van der Waals surface area (Å²) in [6.07, 6.45) is 2.66. The molecule has 0 spiro atoms. The molecule has 16 heavy (non-hydrogen) atoms. The molecule has 4 nitrogen and oxygen atoms in total. The van der Waals surface area contributed by atoms with Crippen molar-refractivity contribution in [3.63, 3.8) is 0 Å². The van der Waals surface area contributed by atoms with Gasteiger partial charge in [-0.15, -0.1) is 0 Å². The van der Waals surface area contributed by atoms with Gasteiger partial charge in [-0.3, -0.25) is 0 Å². The molecule has 2 rings (SSSR count). The van der Waals surface area contributed by atoms with Crippen LogP contribution in [0.5, 0.6) is 5.88 Å². The molecule has 0 aliphatic heterocycles. The molecule has 0 bridgehead atoms. The molecule has 0 N–H and O–H groups in total. The zero-order valence-corrected chi connectivity index (χ0v) is 9.77. The van der Waals surface area contributed by atoms with Crippen LogP contribution in [0.4, 0.5) is 0 Å². The van der Waals surface area contributed by atoms with Crippen LogP contribution in [0, 0.1) is 6.92 Å². The van der Waals surface area contributed by atoms with Crippen LogP contribution >= 0.6 is 0 Å². The highest BCUT2D eigenvalue weighted by atomic mass is 16.5. The van der Waals surface area contributed by atoms with Crippen LogP contribution in [0.2, 0.25) is 0 Å². The van der Waals surface area contributed by atoms with Crippen molar-refractivity contribution < 1.29 is 4.74 Å². The molecule has 0 fully saturated rings. The van der Waals surface area contributed by atoms with Crippen molar-refractivity contribution in [2.75, 3.05) is 7.11 Å². The lowest BCUT2D eigenvalue weighted by atomic mass is 10.3. The maximum absolute atomic E-state index is 5.10. The van der Waals surface area contributed by atoms with Gasteiger partial charge in [0.25, 0.3) is 0 Å². The number of ether oxygens (including phenoxy) is 1. The maximum Gasteiger partial charge on any atom is 0.215 e. The van der Waals surface area contributed by atoms with Crippen molar-refractivity contribution in [2.24, 2.45) is 0 Å². The van der Waals surface area contributed by atoms with Crippen LogP contribution < -0.4 is 4.74 Å². The van der Waals surface area contributed by atoms with Crippen molar-refractivity contribution in [2.45, 2.75) is 20.3 Å². The summed E-state index contributed by atoms with van der Waals surface area (Å²) in [6.45, 7) is 4.14. The Kier molecular flexibility index (Phi) is 2.90. The Hall–Kier alpha value is -1.84. The van der Waals surface area contributed by atoms with Crippen LogP contribution in [-0.4, -0.2) is 21.9 Å². The Morgan fingerprint density at radius 2 is 2.19 bits per heavy atom. The first-order chi connectivity index (χ1) is 7.74. The van der Waals surface area contributed by atoms with E-state index < -0.39 is 0 Å². The van der Waals surface area contributed by atoms with E-state index in [0.29, 0.717) is 5.88 Å².